The molecular formula is C22H22ClF4N5O8. The maximum Gasteiger partial charge on any atom is 0.422 e. The first-order chi connectivity index (χ1) is 18.7. The Labute approximate surface area is 227 Å². The molecule has 0 aliphatic rings. The van der Waals surface area contributed by atoms with Gasteiger partial charge in [-0.3, -0.25) is 4.57 Å². The molecule has 0 bridgehead atoms. The van der Waals surface area contributed by atoms with E-state index in [2.05, 4.69) is 19.7 Å². The number of carbonyl (C=O) groups is 2. The van der Waals surface area contributed by atoms with Crippen LogP contribution < -0.4 is 10.5 Å². The molecule has 0 saturated heterocycles. The number of benzene rings is 1. The van der Waals surface area contributed by atoms with Crippen LogP contribution in [0.25, 0.3) is 11.2 Å². The molecule has 0 aliphatic heterocycles. The number of nitrogens with zero attached hydrogens (tertiary/aromatic N) is 4. The number of hydrogen-bond donors (Lipinski definition) is 4. The van der Waals surface area contributed by atoms with Gasteiger partial charge in [-0.15, -0.1) is 0 Å². The molecule has 40 heavy (non-hydrogen) atoms. The third-order valence-corrected chi connectivity index (χ3v) is 5.79. The number of aliphatic carboxylic acids is 2. The number of hydrogen-bond acceptors (Lipinski definition) is 10. The van der Waals surface area contributed by atoms with Crippen molar-refractivity contribution >= 4 is 40.5 Å². The van der Waals surface area contributed by atoms with Crippen molar-refractivity contribution in [1.82, 2.24) is 19.5 Å². The van der Waals surface area contributed by atoms with E-state index in [0.717, 1.165) is 42.3 Å². The first-order valence-electron chi connectivity index (χ1n) is 11.1. The third-order valence-electron chi connectivity index (χ3n) is 5.62. The molecule has 2 aromatic heterocycles. The van der Waals surface area contributed by atoms with E-state index >= 15 is 4.39 Å². The van der Waals surface area contributed by atoms with Crippen LogP contribution >= 0.6 is 11.6 Å². The van der Waals surface area contributed by atoms with Gasteiger partial charge in [0.1, 0.15) is 23.5 Å². The number of nitrogen functional groups attached to an aromatic ring is 1. The highest BCUT2D eigenvalue weighted by Gasteiger charge is 2.49. The lowest BCUT2D eigenvalue weighted by Crippen LogP contribution is -2.53. The van der Waals surface area contributed by atoms with E-state index < -0.39 is 61.9 Å². The zero-order chi connectivity index (χ0) is 29.8. The van der Waals surface area contributed by atoms with Crippen molar-refractivity contribution in [3.05, 3.63) is 41.4 Å². The number of aromatic nitrogens is 4. The number of carboxylic acids is 2. The zero-order valence-corrected chi connectivity index (χ0v) is 21.1. The van der Waals surface area contributed by atoms with Crippen molar-refractivity contribution in [2.45, 2.75) is 36.7 Å². The molecule has 2 heterocycles. The normalized spacial score (nSPS) is 14.6. The molecule has 5 N–H and O–H groups in total. The van der Waals surface area contributed by atoms with Gasteiger partial charge in [0.05, 0.1) is 12.9 Å². The number of nitrogens with two attached hydrogens (primary N) is 1. The molecule has 218 valence electrons. The van der Waals surface area contributed by atoms with Gasteiger partial charge in [-0.25, -0.2) is 19.0 Å². The fraction of sp³-hybridized carbons (Fsp3) is 0.409. The topological polar surface area (TPSA) is 192 Å². The summed E-state index contributed by atoms with van der Waals surface area (Å²) in [4.78, 5) is 35.5. The van der Waals surface area contributed by atoms with Gasteiger partial charge in [-0.2, -0.15) is 23.1 Å². The van der Waals surface area contributed by atoms with Crippen LogP contribution in [0.3, 0.4) is 0 Å². The fourth-order valence-corrected chi connectivity index (χ4v) is 3.71. The Bertz CT molecular complexity index is 1340. The number of imidazole rings is 1. The summed E-state index contributed by atoms with van der Waals surface area (Å²) in [6, 6.07) is 4.48. The number of aliphatic hydroxyl groups is 1. The maximum atomic E-state index is 15.3. The van der Waals surface area contributed by atoms with Gasteiger partial charge in [-0.1, -0.05) is 12.1 Å². The average molecular weight is 596 g/mol. The summed E-state index contributed by atoms with van der Waals surface area (Å²) in [6.45, 7) is -2.49. The van der Waals surface area contributed by atoms with Crippen molar-refractivity contribution in [3.63, 3.8) is 0 Å². The molecule has 0 spiro atoms. The van der Waals surface area contributed by atoms with Gasteiger partial charge in [0.15, 0.2) is 18.1 Å². The summed E-state index contributed by atoms with van der Waals surface area (Å²) in [5, 5.41) is 29.8. The number of fused-ring (bicyclic) bond motifs is 1. The van der Waals surface area contributed by atoms with Crippen LogP contribution in [0.1, 0.15) is 11.9 Å². The molecule has 0 aliphatic carbocycles. The second-order valence-corrected chi connectivity index (χ2v) is 8.65. The van der Waals surface area contributed by atoms with Crippen LogP contribution in [-0.4, -0.2) is 91.1 Å². The van der Waals surface area contributed by atoms with Gasteiger partial charge in [0.2, 0.25) is 11.6 Å². The van der Waals surface area contributed by atoms with E-state index in [4.69, 9.17) is 26.8 Å². The summed E-state index contributed by atoms with van der Waals surface area (Å²) in [6.07, 6.45) is -10.4. The highest BCUT2D eigenvalue weighted by Crippen LogP contribution is 2.28. The van der Waals surface area contributed by atoms with Crippen LogP contribution in [0.2, 0.25) is 5.28 Å². The van der Waals surface area contributed by atoms with Gasteiger partial charge < -0.3 is 35.3 Å². The van der Waals surface area contributed by atoms with Crippen LogP contribution in [-0.2, 0) is 25.5 Å². The van der Waals surface area contributed by atoms with E-state index in [9.17, 15) is 38.1 Å². The SMILES string of the molecule is CO[C@H](COC(Cc1ccc(OCC(F)(F)F)cc1)(C(=O)O)C(=O)O)[C@@H](O)[C@H](F)n1cnc2c(N)nc(Cl)nc21. The molecule has 3 aromatic rings. The van der Waals surface area contributed by atoms with Crippen LogP contribution in [0, 0.1) is 0 Å². The summed E-state index contributed by atoms with van der Waals surface area (Å²) in [7, 11) is 1.04. The summed E-state index contributed by atoms with van der Waals surface area (Å²) < 4.78 is 68.0. The third kappa shape index (κ3) is 6.85. The Morgan fingerprint density at radius 3 is 2.33 bits per heavy atom. The fourth-order valence-electron chi connectivity index (χ4n) is 3.54. The quantitative estimate of drug-likeness (QED) is 0.128. The molecule has 1 aromatic carbocycles. The smallest absolute Gasteiger partial charge is 0.422 e. The molecular weight excluding hydrogens is 574 g/mol. The molecule has 18 heteroatoms. The van der Waals surface area contributed by atoms with Crippen molar-refractivity contribution in [1.29, 1.82) is 0 Å². The largest absolute Gasteiger partial charge is 0.484 e. The van der Waals surface area contributed by atoms with Gasteiger partial charge in [0.25, 0.3) is 5.60 Å². The predicted octanol–water partition coefficient (Wildman–Crippen LogP) is 2.01. The highest BCUT2D eigenvalue weighted by molar-refractivity contribution is 6.28. The average Bonchev–Trinajstić information content (AvgIpc) is 3.30. The lowest BCUT2D eigenvalue weighted by atomic mass is 9.94. The number of rotatable bonds is 13. The van der Waals surface area contributed by atoms with E-state index in [1.807, 2.05) is 0 Å². The minimum atomic E-state index is -4.59. The van der Waals surface area contributed by atoms with Crippen LogP contribution in [0.4, 0.5) is 23.4 Å². The van der Waals surface area contributed by atoms with E-state index in [1.165, 1.54) is 0 Å². The number of anilines is 1. The number of ether oxygens (including phenoxy) is 3. The van der Waals surface area contributed by atoms with Crippen molar-refractivity contribution in [2.75, 3.05) is 26.1 Å². The second-order valence-electron chi connectivity index (χ2n) is 8.31. The number of alkyl halides is 4. The highest BCUT2D eigenvalue weighted by atomic mass is 35.5. The van der Waals surface area contributed by atoms with Crippen molar-refractivity contribution in [3.8, 4) is 5.75 Å². The van der Waals surface area contributed by atoms with E-state index in [-0.39, 0.29) is 33.6 Å². The van der Waals surface area contributed by atoms with E-state index in [0.29, 0.717) is 0 Å². The first kappa shape index (κ1) is 30.7. The number of aliphatic hydroxyl groups excluding tert-OH is 1. The monoisotopic (exact) mass is 595 g/mol. The number of halogens is 5. The standard InChI is InChI=1S/C22H22ClF4N5O8/c1-38-12(14(33)15(24)32-9-29-13-16(28)30-20(23)31-17(13)32)7-40-21(18(34)35,19(36)37)6-10-2-4-11(5-3-10)39-8-22(25,26)27/h2-5,9,12,14-15,33H,6-8H2,1H3,(H,34,35)(H,36,37)(H2,28,30,31)/t12-,14-,15-/m1/s1. The van der Waals surface area contributed by atoms with Crippen LogP contribution in [0.5, 0.6) is 5.75 Å². The molecule has 0 saturated carbocycles. The number of methoxy groups -OCH3 is 1. The predicted molar refractivity (Wildman–Crippen MR) is 127 cm³/mol. The van der Waals surface area contributed by atoms with Gasteiger partial charge >= 0.3 is 18.1 Å². The Morgan fingerprint density at radius 2 is 1.77 bits per heavy atom. The minimum Gasteiger partial charge on any atom is -0.484 e. The van der Waals surface area contributed by atoms with Gasteiger partial charge in [-0.05, 0) is 29.3 Å². The summed E-state index contributed by atoms with van der Waals surface area (Å²) in [5.41, 5.74) is 2.58. The Hall–Kier alpha value is -3.80. The van der Waals surface area contributed by atoms with Gasteiger partial charge in [0, 0.05) is 13.5 Å². The molecule has 13 nitrogen and oxygen atoms in total. The van der Waals surface area contributed by atoms with E-state index in [1.54, 1.807) is 0 Å². The Kier molecular flexibility index (Phi) is 9.34. The first-order valence-corrected chi connectivity index (χ1v) is 11.5. The van der Waals surface area contributed by atoms with Crippen LogP contribution in [0.15, 0.2) is 30.6 Å². The lowest BCUT2D eigenvalue weighted by Gasteiger charge is -2.30. The van der Waals surface area contributed by atoms with Crippen molar-refractivity contribution < 1.29 is 56.7 Å². The minimum absolute atomic E-state index is 0.0185. The molecule has 0 unspecified atom stereocenters. The second kappa shape index (κ2) is 12.2. The Morgan fingerprint density at radius 1 is 1.15 bits per heavy atom. The molecule has 0 fully saturated rings. The zero-order valence-electron chi connectivity index (χ0n) is 20.4. The maximum absolute atomic E-state index is 15.3. The summed E-state index contributed by atoms with van der Waals surface area (Å²) in [5.74, 6) is -4.24. The molecule has 3 rings (SSSR count). The molecule has 0 radical (unpaired) electrons. The lowest BCUT2D eigenvalue weighted by molar-refractivity contribution is -0.192. The summed E-state index contributed by atoms with van der Waals surface area (Å²) >= 11 is 5.76. The van der Waals surface area contributed by atoms with Crippen molar-refractivity contribution in [2.24, 2.45) is 0 Å². The molecule has 0 amide bonds. The Balaban J connectivity index is 1.78. The molecule has 3 atom stereocenters. The number of carboxylic acid groups (broad SMARTS) is 2.